The molecular weight excluding hydrogens is 448 g/mol. The van der Waals surface area contributed by atoms with Crippen LogP contribution in [-0.2, 0) is 30.6 Å². The number of benzene rings is 1. The van der Waals surface area contributed by atoms with Crippen LogP contribution >= 0.6 is 0 Å². The van der Waals surface area contributed by atoms with Crippen LogP contribution in [0, 0.1) is 17.3 Å². The van der Waals surface area contributed by atoms with Gasteiger partial charge in [0, 0.05) is 32.4 Å². The van der Waals surface area contributed by atoms with Gasteiger partial charge in [0.15, 0.2) is 0 Å². The Bertz CT molecular complexity index is 821. The Morgan fingerprint density at radius 1 is 0.971 bits per heavy atom. The zero-order valence-corrected chi connectivity index (χ0v) is 21.9. The molecule has 1 aromatic carbocycles. The smallest absolute Gasteiger partial charge is 0.244 e. The standard InChI is InChI=1S/C26H42N4O5/c1-18(2)15-20(16-22(32)30-35-17-19-11-8-7-9-12-19)24(33)29-23(26(3,4)5)25(34)28-14-10-13-21(31)27-6/h7-9,11-12,18,20,23H,10,13-17H2,1-6H3,(H,27,31)(H,28,34)(H,29,33)(H,30,32)/t20-,23-/m1/s1. The van der Waals surface area contributed by atoms with Crippen molar-refractivity contribution in [3.8, 4) is 0 Å². The molecule has 9 heteroatoms. The maximum Gasteiger partial charge on any atom is 0.244 e. The number of carbonyl (C=O) groups excluding carboxylic acids is 4. The number of carbonyl (C=O) groups is 4. The molecule has 4 amide bonds. The van der Waals surface area contributed by atoms with Gasteiger partial charge in [0.2, 0.25) is 23.6 Å². The van der Waals surface area contributed by atoms with Crippen LogP contribution in [-0.4, -0.2) is 43.3 Å². The molecule has 0 bridgehead atoms. The molecule has 35 heavy (non-hydrogen) atoms. The molecule has 4 N–H and O–H groups in total. The largest absolute Gasteiger partial charge is 0.359 e. The lowest BCUT2D eigenvalue weighted by molar-refractivity contribution is -0.140. The molecular formula is C26H42N4O5. The molecule has 0 aliphatic heterocycles. The molecule has 0 saturated heterocycles. The van der Waals surface area contributed by atoms with Crippen LogP contribution in [0.1, 0.15) is 65.9 Å². The van der Waals surface area contributed by atoms with E-state index in [1.54, 1.807) is 7.05 Å². The number of hydroxylamine groups is 1. The zero-order chi connectivity index (χ0) is 26.4. The summed E-state index contributed by atoms with van der Waals surface area (Å²) in [6.45, 7) is 10.1. The minimum atomic E-state index is -0.790. The highest BCUT2D eigenvalue weighted by Crippen LogP contribution is 2.22. The Morgan fingerprint density at radius 3 is 2.20 bits per heavy atom. The molecule has 9 nitrogen and oxygen atoms in total. The fourth-order valence-corrected chi connectivity index (χ4v) is 3.51. The van der Waals surface area contributed by atoms with E-state index in [0.29, 0.717) is 25.8 Å². The minimum Gasteiger partial charge on any atom is -0.359 e. The number of nitrogens with one attached hydrogen (secondary N) is 4. The van der Waals surface area contributed by atoms with Crippen LogP contribution in [0.2, 0.25) is 0 Å². The first-order chi connectivity index (χ1) is 16.4. The molecule has 0 spiro atoms. The van der Waals surface area contributed by atoms with Gasteiger partial charge < -0.3 is 16.0 Å². The summed E-state index contributed by atoms with van der Waals surface area (Å²) in [6, 6.07) is 8.64. The number of hydrogen-bond donors (Lipinski definition) is 4. The summed E-state index contributed by atoms with van der Waals surface area (Å²) in [4.78, 5) is 55.2. The Kier molecular flexibility index (Phi) is 13.0. The first kappa shape index (κ1) is 30.1. The number of rotatable bonds is 14. The molecule has 0 heterocycles. The highest BCUT2D eigenvalue weighted by Gasteiger charge is 2.35. The van der Waals surface area contributed by atoms with Crippen molar-refractivity contribution in [2.24, 2.45) is 17.3 Å². The van der Waals surface area contributed by atoms with E-state index in [9.17, 15) is 19.2 Å². The van der Waals surface area contributed by atoms with Gasteiger partial charge in [0.1, 0.15) is 6.04 Å². The first-order valence-corrected chi connectivity index (χ1v) is 12.2. The lowest BCUT2D eigenvalue weighted by Crippen LogP contribution is -2.55. The van der Waals surface area contributed by atoms with Gasteiger partial charge in [0.25, 0.3) is 0 Å². The van der Waals surface area contributed by atoms with Crippen LogP contribution in [0.5, 0.6) is 0 Å². The summed E-state index contributed by atoms with van der Waals surface area (Å²) in [6.07, 6.45) is 1.24. The van der Waals surface area contributed by atoms with Gasteiger partial charge in [-0.3, -0.25) is 24.0 Å². The zero-order valence-electron chi connectivity index (χ0n) is 21.9. The summed E-state index contributed by atoms with van der Waals surface area (Å²) in [5.41, 5.74) is 2.78. The lowest BCUT2D eigenvalue weighted by atomic mass is 9.85. The molecule has 2 atom stereocenters. The number of hydrogen-bond acceptors (Lipinski definition) is 5. The Hall–Kier alpha value is -2.94. The second-order valence-corrected chi connectivity index (χ2v) is 10.2. The molecule has 0 fully saturated rings. The van der Waals surface area contributed by atoms with Crippen LogP contribution < -0.4 is 21.4 Å². The van der Waals surface area contributed by atoms with Crippen LogP contribution in [0.25, 0.3) is 0 Å². The van der Waals surface area contributed by atoms with Crippen molar-refractivity contribution in [3.05, 3.63) is 35.9 Å². The van der Waals surface area contributed by atoms with Crippen LogP contribution in [0.3, 0.4) is 0 Å². The van der Waals surface area contributed by atoms with Gasteiger partial charge in [-0.1, -0.05) is 65.0 Å². The minimum absolute atomic E-state index is 0.0522. The maximum atomic E-state index is 13.2. The van der Waals surface area contributed by atoms with E-state index in [1.807, 2.05) is 65.0 Å². The molecule has 1 aromatic rings. The first-order valence-electron chi connectivity index (χ1n) is 12.2. The predicted octanol–water partition coefficient (Wildman–Crippen LogP) is 2.46. The predicted molar refractivity (Wildman–Crippen MR) is 135 cm³/mol. The van der Waals surface area contributed by atoms with Crippen molar-refractivity contribution in [1.82, 2.24) is 21.4 Å². The van der Waals surface area contributed by atoms with Crippen molar-refractivity contribution in [2.45, 2.75) is 73.0 Å². The normalized spacial score (nSPS) is 13.0. The Labute approximate surface area is 209 Å². The molecule has 0 saturated carbocycles. The van der Waals surface area contributed by atoms with Crippen molar-refractivity contribution < 1.29 is 24.0 Å². The second-order valence-electron chi connectivity index (χ2n) is 10.2. The van der Waals surface area contributed by atoms with Gasteiger partial charge >= 0.3 is 0 Å². The van der Waals surface area contributed by atoms with E-state index in [-0.39, 0.29) is 36.7 Å². The average molecular weight is 491 g/mol. The van der Waals surface area contributed by atoms with Gasteiger partial charge in [0.05, 0.1) is 6.61 Å². The topological polar surface area (TPSA) is 126 Å². The highest BCUT2D eigenvalue weighted by atomic mass is 16.6. The third-order valence-corrected chi connectivity index (χ3v) is 5.40. The fraction of sp³-hybridized carbons (Fsp3) is 0.615. The molecule has 1 rings (SSSR count). The quantitative estimate of drug-likeness (QED) is 0.235. The Balaban J connectivity index is 2.71. The van der Waals surface area contributed by atoms with Gasteiger partial charge in [-0.05, 0) is 29.7 Å². The molecule has 0 aromatic heterocycles. The molecule has 0 radical (unpaired) electrons. The monoisotopic (exact) mass is 490 g/mol. The fourth-order valence-electron chi connectivity index (χ4n) is 3.51. The summed E-state index contributed by atoms with van der Waals surface area (Å²) < 4.78 is 0. The number of amides is 4. The second kappa shape index (κ2) is 15.1. The maximum absolute atomic E-state index is 13.2. The molecule has 0 aliphatic carbocycles. The summed E-state index contributed by atoms with van der Waals surface area (Å²) >= 11 is 0. The van der Waals surface area contributed by atoms with Gasteiger partial charge in [-0.15, -0.1) is 0 Å². The lowest BCUT2D eigenvalue weighted by Gasteiger charge is -2.32. The van der Waals surface area contributed by atoms with E-state index >= 15 is 0 Å². The molecule has 0 unspecified atom stereocenters. The van der Waals surface area contributed by atoms with Crippen molar-refractivity contribution in [1.29, 1.82) is 0 Å². The van der Waals surface area contributed by atoms with Crippen molar-refractivity contribution in [3.63, 3.8) is 0 Å². The van der Waals surface area contributed by atoms with Crippen LogP contribution in [0.15, 0.2) is 30.3 Å². The summed E-state index contributed by atoms with van der Waals surface area (Å²) in [7, 11) is 1.56. The molecule has 196 valence electrons. The van der Waals surface area contributed by atoms with E-state index in [1.165, 1.54) is 0 Å². The highest BCUT2D eigenvalue weighted by molar-refractivity contribution is 5.91. The van der Waals surface area contributed by atoms with E-state index in [4.69, 9.17) is 4.84 Å². The van der Waals surface area contributed by atoms with E-state index < -0.39 is 23.3 Å². The van der Waals surface area contributed by atoms with Crippen molar-refractivity contribution in [2.75, 3.05) is 13.6 Å². The average Bonchev–Trinajstić information content (AvgIpc) is 2.79. The van der Waals surface area contributed by atoms with E-state index in [0.717, 1.165) is 5.56 Å². The summed E-state index contributed by atoms with van der Waals surface area (Å²) in [5, 5.41) is 8.20. The Morgan fingerprint density at radius 2 is 1.63 bits per heavy atom. The van der Waals surface area contributed by atoms with Crippen LogP contribution in [0.4, 0.5) is 0 Å². The van der Waals surface area contributed by atoms with E-state index in [2.05, 4.69) is 21.4 Å². The molecule has 0 aliphatic rings. The third-order valence-electron chi connectivity index (χ3n) is 5.40. The van der Waals surface area contributed by atoms with Gasteiger partial charge in [-0.2, -0.15) is 0 Å². The SMILES string of the molecule is CNC(=O)CCCNC(=O)[C@@H](NC(=O)[C@@H](CC(=O)NOCc1ccccc1)CC(C)C)C(C)(C)C. The van der Waals surface area contributed by atoms with Crippen molar-refractivity contribution >= 4 is 23.6 Å². The summed E-state index contributed by atoms with van der Waals surface area (Å²) in [5.74, 6) is -1.59. The van der Waals surface area contributed by atoms with Gasteiger partial charge in [-0.25, -0.2) is 5.48 Å². The third kappa shape index (κ3) is 12.4.